The monoisotopic (exact) mass is 415 g/mol. The molecule has 1 saturated heterocycles. The molecule has 0 radical (unpaired) electrons. The number of aromatic nitrogens is 4. The molecule has 0 spiro atoms. The van der Waals surface area contributed by atoms with Crippen LogP contribution < -0.4 is 5.56 Å². The van der Waals surface area contributed by atoms with Gasteiger partial charge in [-0.25, -0.2) is 18.4 Å². The van der Waals surface area contributed by atoms with Crippen molar-refractivity contribution in [3.8, 4) is 0 Å². The van der Waals surface area contributed by atoms with Gasteiger partial charge in [0, 0.05) is 32.8 Å². The molecular weight excluding hydrogens is 390 g/mol. The summed E-state index contributed by atoms with van der Waals surface area (Å²) in [6.07, 6.45) is 2.88. The minimum absolute atomic E-state index is 0.0430. The van der Waals surface area contributed by atoms with E-state index in [-0.39, 0.29) is 16.5 Å². The Balaban J connectivity index is 1.81. The van der Waals surface area contributed by atoms with Gasteiger partial charge in [0.05, 0.1) is 16.9 Å². The summed E-state index contributed by atoms with van der Waals surface area (Å²) < 4.78 is 31.5. The number of fused-ring (bicyclic) bond motifs is 1. The second-order valence-electron chi connectivity index (χ2n) is 7.83. The first kappa shape index (κ1) is 19.8. The summed E-state index contributed by atoms with van der Waals surface area (Å²) in [5.74, 6) is 1.30. The smallest absolute Gasteiger partial charge is 0.262 e. The second-order valence-corrected chi connectivity index (χ2v) is 9.67. The Hall–Kier alpha value is -2.52. The molecule has 154 valence electrons. The Bertz CT molecular complexity index is 1240. The van der Waals surface area contributed by atoms with E-state index < -0.39 is 16.1 Å². The summed E-state index contributed by atoms with van der Waals surface area (Å²) >= 11 is 0. The van der Waals surface area contributed by atoms with Crippen LogP contribution >= 0.6 is 0 Å². The first-order valence-electron chi connectivity index (χ1n) is 9.72. The lowest BCUT2D eigenvalue weighted by Crippen LogP contribution is -2.35. The third kappa shape index (κ3) is 3.18. The molecule has 1 fully saturated rings. The summed E-state index contributed by atoms with van der Waals surface area (Å²) in [4.78, 5) is 21.8. The molecule has 1 aliphatic heterocycles. The highest BCUT2D eigenvalue weighted by Gasteiger charge is 2.40. The number of hydrogen-bond acceptors (Lipinski definition) is 5. The molecule has 2 aromatic heterocycles. The maximum Gasteiger partial charge on any atom is 0.262 e. The Morgan fingerprint density at radius 2 is 1.86 bits per heavy atom. The van der Waals surface area contributed by atoms with Crippen LogP contribution in [0.2, 0.25) is 0 Å². The molecule has 9 heteroatoms. The molecule has 1 atom stereocenters. The molecule has 0 amide bonds. The van der Waals surface area contributed by atoms with Gasteiger partial charge in [0.1, 0.15) is 11.6 Å². The first-order chi connectivity index (χ1) is 13.7. The summed E-state index contributed by atoms with van der Waals surface area (Å²) in [5.41, 5.74) is 0.407. The molecule has 0 bridgehead atoms. The van der Waals surface area contributed by atoms with Crippen molar-refractivity contribution >= 4 is 20.9 Å². The van der Waals surface area contributed by atoms with Crippen molar-refractivity contribution in [3.63, 3.8) is 0 Å². The van der Waals surface area contributed by atoms with Crippen molar-refractivity contribution < 1.29 is 8.42 Å². The maximum absolute atomic E-state index is 13.4. The van der Waals surface area contributed by atoms with Gasteiger partial charge in [-0.1, -0.05) is 26.0 Å². The summed E-state index contributed by atoms with van der Waals surface area (Å²) in [6, 6.07) is 6.64. The van der Waals surface area contributed by atoms with Crippen molar-refractivity contribution in [3.05, 3.63) is 52.5 Å². The Morgan fingerprint density at radius 3 is 2.55 bits per heavy atom. The van der Waals surface area contributed by atoms with Gasteiger partial charge in [0.25, 0.3) is 15.6 Å². The lowest BCUT2D eigenvalue weighted by Gasteiger charge is -2.24. The Morgan fingerprint density at radius 1 is 1.14 bits per heavy atom. The van der Waals surface area contributed by atoms with Crippen LogP contribution in [0.5, 0.6) is 0 Å². The Kier molecular flexibility index (Phi) is 4.82. The maximum atomic E-state index is 13.4. The fourth-order valence-corrected chi connectivity index (χ4v) is 5.70. The predicted octanol–water partition coefficient (Wildman–Crippen LogP) is 2.32. The van der Waals surface area contributed by atoms with Crippen LogP contribution in [0, 0.1) is 0 Å². The van der Waals surface area contributed by atoms with E-state index >= 15 is 0 Å². The lowest BCUT2D eigenvalue weighted by atomic mass is 10.2. The third-order valence-corrected chi connectivity index (χ3v) is 7.28. The van der Waals surface area contributed by atoms with Crippen LogP contribution in [0.25, 0.3) is 10.9 Å². The molecule has 4 rings (SSSR count). The summed E-state index contributed by atoms with van der Waals surface area (Å²) in [7, 11) is -0.354. The van der Waals surface area contributed by atoms with E-state index in [4.69, 9.17) is 0 Å². The third-order valence-electron chi connectivity index (χ3n) is 5.50. The molecule has 1 aromatic carbocycles. The molecule has 0 aliphatic carbocycles. The summed E-state index contributed by atoms with van der Waals surface area (Å²) in [5, 5.41) is 0.568. The number of benzene rings is 1. The van der Waals surface area contributed by atoms with Crippen LogP contribution in [0.15, 0.2) is 40.3 Å². The van der Waals surface area contributed by atoms with E-state index in [0.717, 1.165) is 5.82 Å². The van der Waals surface area contributed by atoms with Gasteiger partial charge in [0.15, 0.2) is 5.03 Å². The second kappa shape index (κ2) is 7.07. The van der Waals surface area contributed by atoms with Crippen LogP contribution in [0.3, 0.4) is 0 Å². The molecule has 3 aromatic rings. The highest BCUT2D eigenvalue weighted by molar-refractivity contribution is 7.89. The first-order valence-corrected chi connectivity index (χ1v) is 11.2. The summed E-state index contributed by atoms with van der Waals surface area (Å²) in [6.45, 7) is 4.33. The Labute approximate surface area is 169 Å². The number of rotatable bonds is 4. The van der Waals surface area contributed by atoms with Gasteiger partial charge in [-0.3, -0.25) is 9.36 Å². The van der Waals surface area contributed by atoms with Crippen molar-refractivity contribution in [2.75, 3.05) is 6.54 Å². The molecular formula is C20H25N5O3S. The molecule has 0 saturated carbocycles. The number of aryl methyl sites for hydroxylation is 1. The molecule has 8 nitrogen and oxygen atoms in total. The van der Waals surface area contributed by atoms with Gasteiger partial charge in [-0.2, -0.15) is 4.31 Å². The minimum atomic E-state index is -3.81. The van der Waals surface area contributed by atoms with Gasteiger partial charge in [0.2, 0.25) is 0 Å². The number of nitrogens with zero attached hydrogens (tertiary/aromatic N) is 5. The largest absolute Gasteiger partial charge is 0.336 e. The lowest BCUT2D eigenvalue weighted by molar-refractivity contribution is 0.372. The highest BCUT2D eigenvalue weighted by atomic mass is 32.2. The SMILES string of the molecule is CC(C)c1nc(S(=O)(=O)N2CCCC2c2nc3ccccc3c(=O)n2C)cn1C. The zero-order valence-electron chi connectivity index (χ0n) is 17.0. The van der Waals surface area contributed by atoms with Gasteiger partial charge in [-0.15, -0.1) is 0 Å². The van der Waals surface area contributed by atoms with E-state index in [2.05, 4.69) is 9.97 Å². The van der Waals surface area contributed by atoms with E-state index in [1.54, 1.807) is 43.1 Å². The minimum Gasteiger partial charge on any atom is -0.336 e. The predicted molar refractivity (Wildman–Crippen MR) is 110 cm³/mol. The van der Waals surface area contributed by atoms with E-state index in [0.29, 0.717) is 36.1 Å². The highest BCUT2D eigenvalue weighted by Crippen LogP contribution is 2.35. The number of hydrogen-bond donors (Lipinski definition) is 0. The molecule has 1 aliphatic rings. The average molecular weight is 416 g/mol. The van der Waals surface area contributed by atoms with Crippen molar-refractivity contribution in [2.24, 2.45) is 14.1 Å². The topological polar surface area (TPSA) is 90.1 Å². The number of sulfonamides is 1. The fourth-order valence-electron chi connectivity index (χ4n) is 4.05. The number of para-hydroxylation sites is 1. The van der Waals surface area contributed by atoms with Gasteiger partial charge < -0.3 is 4.57 Å². The quantitative estimate of drug-likeness (QED) is 0.652. The van der Waals surface area contributed by atoms with Gasteiger partial charge in [-0.05, 0) is 25.0 Å². The van der Waals surface area contributed by atoms with Crippen molar-refractivity contribution in [2.45, 2.75) is 43.7 Å². The van der Waals surface area contributed by atoms with Crippen molar-refractivity contribution in [1.82, 2.24) is 23.4 Å². The zero-order valence-corrected chi connectivity index (χ0v) is 17.8. The van der Waals surface area contributed by atoms with E-state index in [1.165, 1.54) is 8.87 Å². The van der Waals surface area contributed by atoms with Crippen LogP contribution in [0.1, 0.15) is 50.3 Å². The van der Waals surface area contributed by atoms with Crippen molar-refractivity contribution in [1.29, 1.82) is 0 Å². The van der Waals surface area contributed by atoms with E-state index in [1.807, 2.05) is 19.9 Å². The van der Waals surface area contributed by atoms with Crippen LogP contribution in [-0.2, 0) is 24.1 Å². The number of imidazole rings is 1. The molecule has 3 heterocycles. The normalized spacial score (nSPS) is 18.2. The molecule has 1 unspecified atom stereocenters. The molecule has 0 N–H and O–H groups in total. The standard InChI is InChI=1S/C20H25N5O3S/c1-13(2)18-22-17(12-23(18)3)29(27,28)25-11-7-10-16(25)19-21-15-9-6-5-8-14(15)20(26)24(19)4/h5-6,8-9,12-13,16H,7,10-11H2,1-4H3. The van der Waals surface area contributed by atoms with Gasteiger partial charge >= 0.3 is 0 Å². The average Bonchev–Trinajstić information content (AvgIpc) is 3.32. The zero-order chi connectivity index (χ0) is 20.9. The fraction of sp³-hybridized carbons (Fsp3) is 0.450. The van der Waals surface area contributed by atoms with Crippen LogP contribution in [-0.4, -0.2) is 38.4 Å². The van der Waals surface area contributed by atoms with Crippen LogP contribution in [0.4, 0.5) is 0 Å². The molecule has 29 heavy (non-hydrogen) atoms. The van der Waals surface area contributed by atoms with E-state index in [9.17, 15) is 13.2 Å².